The summed E-state index contributed by atoms with van der Waals surface area (Å²) in [5, 5.41) is 15.8. The zero-order chi connectivity index (χ0) is 21.3. The van der Waals surface area contributed by atoms with Crippen LogP contribution in [0.25, 0.3) is 15.5 Å². The van der Waals surface area contributed by atoms with E-state index >= 15 is 0 Å². The van der Waals surface area contributed by atoms with Gasteiger partial charge in [-0.2, -0.15) is 9.61 Å². The van der Waals surface area contributed by atoms with Gasteiger partial charge in [-0.3, -0.25) is 4.79 Å². The number of aryl methyl sites for hydroxylation is 1. The molecular formula is C19H15Br2N5O3S. The molecule has 2 aromatic heterocycles. The molecule has 0 spiro atoms. The predicted octanol–water partition coefficient (Wildman–Crippen LogP) is 4.71. The van der Waals surface area contributed by atoms with E-state index in [0.29, 0.717) is 22.1 Å². The van der Waals surface area contributed by atoms with Gasteiger partial charge in [-0.15, -0.1) is 10.2 Å². The summed E-state index contributed by atoms with van der Waals surface area (Å²) in [6.45, 7) is 1.76. The van der Waals surface area contributed by atoms with Crippen molar-refractivity contribution < 1.29 is 14.3 Å². The molecule has 0 aliphatic rings. The molecule has 2 aromatic carbocycles. The number of anilines is 1. The van der Waals surface area contributed by atoms with Crippen LogP contribution in [0.5, 0.6) is 11.5 Å². The van der Waals surface area contributed by atoms with Gasteiger partial charge in [0.05, 0.1) is 17.3 Å². The fourth-order valence-electron chi connectivity index (χ4n) is 2.81. The highest BCUT2D eigenvalue weighted by molar-refractivity contribution is 9.11. The van der Waals surface area contributed by atoms with E-state index in [1.54, 1.807) is 24.0 Å². The number of aromatic nitrogens is 4. The molecule has 0 bridgehead atoms. The number of carbonyl (C=O) groups excluding carboxylic acids is 1. The Morgan fingerprint density at radius 2 is 2.10 bits per heavy atom. The van der Waals surface area contributed by atoms with Crippen molar-refractivity contribution in [2.45, 2.75) is 6.92 Å². The highest BCUT2D eigenvalue weighted by atomic mass is 79.9. The van der Waals surface area contributed by atoms with E-state index in [1.807, 2.05) is 31.2 Å². The Bertz CT molecular complexity index is 1190. The normalized spacial score (nSPS) is 10.9. The lowest BCUT2D eigenvalue weighted by Gasteiger charge is -2.14. The van der Waals surface area contributed by atoms with Crippen molar-refractivity contribution in [2.75, 3.05) is 19.0 Å². The molecule has 30 heavy (non-hydrogen) atoms. The first-order valence-electron chi connectivity index (χ1n) is 8.68. The fourth-order valence-corrected chi connectivity index (χ4v) is 5.18. The number of carbonyl (C=O) groups is 1. The molecule has 0 radical (unpaired) electrons. The van der Waals surface area contributed by atoms with Crippen LogP contribution < -0.4 is 14.8 Å². The van der Waals surface area contributed by atoms with Gasteiger partial charge in [0.1, 0.15) is 22.8 Å². The van der Waals surface area contributed by atoms with E-state index in [2.05, 4.69) is 52.5 Å². The zero-order valence-electron chi connectivity index (χ0n) is 15.8. The lowest BCUT2D eigenvalue weighted by Crippen LogP contribution is -2.21. The predicted molar refractivity (Wildman–Crippen MR) is 121 cm³/mol. The van der Waals surface area contributed by atoms with Gasteiger partial charge < -0.3 is 14.8 Å². The quantitative estimate of drug-likeness (QED) is 0.372. The van der Waals surface area contributed by atoms with Crippen LogP contribution in [0.2, 0.25) is 0 Å². The van der Waals surface area contributed by atoms with Gasteiger partial charge in [-0.05, 0) is 58.7 Å². The van der Waals surface area contributed by atoms with Gasteiger partial charge >= 0.3 is 0 Å². The summed E-state index contributed by atoms with van der Waals surface area (Å²) in [5.41, 5.74) is 2.27. The standard InChI is InChI=1S/C19H15Br2N5O3S/c1-10-5-12(20)7-13(21)17(10)29-8-16(27)23-14-6-11(3-4-15(14)28-2)18-25-26-9-22-24-19(26)30-18/h3-7,9H,8H2,1-2H3,(H,23,27). The first kappa shape index (κ1) is 20.8. The molecule has 0 aliphatic heterocycles. The largest absolute Gasteiger partial charge is 0.495 e. The average Bonchev–Trinajstić information content (AvgIpc) is 3.29. The van der Waals surface area contributed by atoms with Crippen LogP contribution in [0.1, 0.15) is 5.56 Å². The number of rotatable bonds is 6. The molecule has 0 saturated carbocycles. The Morgan fingerprint density at radius 1 is 1.27 bits per heavy atom. The first-order valence-corrected chi connectivity index (χ1v) is 11.1. The molecule has 8 nitrogen and oxygen atoms in total. The summed E-state index contributed by atoms with van der Waals surface area (Å²) in [7, 11) is 1.55. The summed E-state index contributed by atoms with van der Waals surface area (Å²) in [6.07, 6.45) is 1.54. The number of halogens is 2. The summed E-state index contributed by atoms with van der Waals surface area (Å²) in [6, 6.07) is 9.25. The van der Waals surface area contributed by atoms with Crippen LogP contribution in [-0.4, -0.2) is 39.4 Å². The molecule has 0 fully saturated rings. The highest BCUT2D eigenvalue weighted by Crippen LogP contribution is 2.34. The van der Waals surface area contributed by atoms with Gasteiger partial charge in [0, 0.05) is 10.0 Å². The van der Waals surface area contributed by atoms with E-state index in [-0.39, 0.29) is 12.5 Å². The number of ether oxygens (including phenoxy) is 2. The summed E-state index contributed by atoms with van der Waals surface area (Å²) >= 11 is 8.29. The van der Waals surface area contributed by atoms with Crippen molar-refractivity contribution in [2.24, 2.45) is 0 Å². The van der Waals surface area contributed by atoms with Crippen molar-refractivity contribution in [1.82, 2.24) is 19.8 Å². The minimum Gasteiger partial charge on any atom is -0.495 e. The zero-order valence-corrected chi connectivity index (χ0v) is 19.8. The Labute approximate surface area is 192 Å². The van der Waals surface area contributed by atoms with Gasteiger partial charge in [-0.25, -0.2) is 0 Å². The number of nitrogens with zero attached hydrogens (tertiary/aromatic N) is 4. The molecule has 0 aliphatic carbocycles. The Kier molecular flexibility index (Phi) is 6.02. The number of nitrogens with one attached hydrogen (secondary N) is 1. The number of hydrogen-bond donors (Lipinski definition) is 1. The van der Waals surface area contributed by atoms with Crippen LogP contribution in [0, 0.1) is 6.92 Å². The van der Waals surface area contributed by atoms with Crippen LogP contribution in [0.3, 0.4) is 0 Å². The number of amides is 1. The summed E-state index contributed by atoms with van der Waals surface area (Å²) in [4.78, 5) is 13.2. The SMILES string of the molecule is COc1ccc(-c2nn3cnnc3s2)cc1NC(=O)COc1c(C)cc(Br)cc1Br. The van der Waals surface area contributed by atoms with Crippen LogP contribution in [0.15, 0.2) is 45.6 Å². The molecule has 154 valence electrons. The number of methoxy groups -OCH3 is 1. The third-order valence-electron chi connectivity index (χ3n) is 4.15. The minimum atomic E-state index is -0.308. The Morgan fingerprint density at radius 3 is 2.83 bits per heavy atom. The maximum atomic E-state index is 12.5. The average molecular weight is 553 g/mol. The fraction of sp³-hybridized carbons (Fsp3) is 0.158. The van der Waals surface area contributed by atoms with Crippen molar-refractivity contribution in [1.29, 1.82) is 0 Å². The summed E-state index contributed by atoms with van der Waals surface area (Å²) in [5.74, 6) is 0.850. The molecular weight excluding hydrogens is 538 g/mol. The van der Waals surface area contributed by atoms with Gasteiger partial charge in [0.2, 0.25) is 4.96 Å². The second-order valence-electron chi connectivity index (χ2n) is 6.25. The number of hydrogen-bond acceptors (Lipinski definition) is 7. The van der Waals surface area contributed by atoms with Gasteiger partial charge in [0.25, 0.3) is 5.91 Å². The van der Waals surface area contributed by atoms with Crippen LogP contribution >= 0.6 is 43.2 Å². The molecule has 1 N–H and O–H groups in total. The van der Waals surface area contributed by atoms with Crippen molar-refractivity contribution in [3.05, 3.63) is 51.2 Å². The first-order chi connectivity index (χ1) is 14.4. The van der Waals surface area contributed by atoms with Crippen molar-refractivity contribution in [3.63, 3.8) is 0 Å². The molecule has 0 unspecified atom stereocenters. The van der Waals surface area contributed by atoms with Gasteiger partial charge in [-0.1, -0.05) is 27.3 Å². The molecule has 11 heteroatoms. The molecule has 0 atom stereocenters. The van der Waals surface area contributed by atoms with Gasteiger partial charge in [0.15, 0.2) is 6.61 Å². The molecule has 0 saturated heterocycles. The van der Waals surface area contributed by atoms with Crippen LogP contribution in [0.4, 0.5) is 5.69 Å². The minimum absolute atomic E-state index is 0.148. The van der Waals surface area contributed by atoms with E-state index in [0.717, 1.165) is 25.1 Å². The maximum absolute atomic E-state index is 12.5. The van der Waals surface area contributed by atoms with E-state index in [9.17, 15) is 4.79 Å². The number of fused-ring (bicyclic) bond motifs is 1. The van der Waals surface area contributed by atoms with E-state index in [1.165, 1.54) is 11.3 Å². The molecule has 4 aromatic rings. The maximum Gasteiger partial charge on any atom is 0.262 e. The Balaban J connectivity index is 1.51. The molecule has 1 amide bonds. The van der Waals surface area contributed by atoms with E-state index < -0.39 is 0 Å². The topological polar surface area (TPSA) is 90.6 Å². The lowest BCUT2D eigenvalue weighted by molar-refractivity contribution is -0.118. The van der Waals surface area contributed by atoms with Crippen LogP contribution in [-0.2, 0) is 4.79 Å². The molecule has 4 rings (SSSR count). The second kappa shape index (κ2) is 8.70. The molecule has 2 heterocycles. The third kappa shape index (κ3) is 4.32. The van der Waals surface area contributed by atoms with Crippen molar-refractivity contribution >= 4 is 59.8 Å². The smallest absolute Gasteiger partial charge is 0.262 e. The highest BCUT2D eigenvalue weighted by Gasteiger charge is 2.15. The second-order valence-corrected chi connectivity index (χ2v) is 8.98. The third-order valence-corrected chi connectivity index (χ3v) is 6.16. The number of benzene rings is 2. The summed E-state index contributed by atoms with van der Waals surface area (Å²) < 4.78 is 14.4. The Hall–Kier alpha value is -2.50. The monoisotopic (exact) mass is 551 g/mol. The van der Waals surface area contributed by atoms with E-state index in [4.69, 9.17) is 9.47 Å². The lowest BCUT2D eigenvalue weighted by atomic mass is 10.2. The van der Waals surface area contributed by atoms with Crippen molar-refractivity contribution in [3.8, 4) is 22.1 Å².